The quantitative estimate of drug-likeness (QED) is 0.857. The van der Waals surface area contributed by atoms with Crippen molar-refractivity contribution in [2.45, 2.75) is 32.2 Å². The van der Waals surface area contributed by atoms with E-state index in [1.165, 1.54) is 0 Å². The van der Waals surface area contributed by atoms with Gasteiger partial charge in [-0.05, 0) is 30.0 Å². The number of fused-ring (bicyclic) bond motifs is 1. The number of carbonyl (C=O) groups excluding carboxylic acids is 1. The van der Waals surface area contributed by atoms with Gasteiger partial charge < -0.3 is 15.8 Å². The summed E-state index contributed by atoms with van der Waals surface area (Å²) in [7, 11) is 1.64. The lowest BCUT2D eigenvalue weighted by atomic mass is 9.92. The molecule has 0 aliphatic carbocycles. The summed E-state index contributed by atoms with van der Waals surface area (Å²) in [5.74, 6) is 0.0430. The molecule has 1 aromatic rings. The van der Waals surface area contributed by atoms with Crippen LogP contribution in [0.25, 0.3) is 0 Å². The molecule has 0 fully saturated rings. The summed E-state index contributed by atoms with van der Waals surface area (Å²) in [6, 6.07) is 3.92. The van der Waals surface area contributed by atoms with Crippen LogP contribution in [-0.4, -0.2) is 19.6 Å². The van der Waals surface area contributed by atoms with Crippen LogP contribution in [0.15, 0.2) is 12.1 Å². The molecule has 1 aliphatic rings. The first kappa shape index (κ1) is 13.1. The van der Waals surface area contributed by atoms with Crippen LogP contribution in [-0.2, 0) is 9.53 Å². The molecule has 2 rings (SSSR count). The fraction of sp³-hybridized carbons (Fsp3) is 0.500. The molecule has 18 heavy (non-hydrogen) atoms. The Bertz CT molecular complexity index is 471. The molecule has 0 saturated carbocycles. The van der Waals surface area contributed by atoms with E-state index in [4.69, 9.17) is 10.5 Å². The first-order valence-electron chi connectivity index (χ1n) is 6.28. The Morgan fingerprint density at radius 2 is 2.22 bits per heavy atom. The molecular weight excluding hydrogens is 228 g/mol. The van der Waals surface area contributed by atoms with Crippen LogP contribution in [0.3, 0.4) is 0 Å². The van der Waals surface area contributed by atoms with Crippen molar-refractivity contribution in [1.82, 2.24) is 0 Å². The number of amides is 1. The van der Waals surface area contributed by atoms with Gasteiger partial charge in [-0.25, -0.2) is 0 Å². The van der Waals surface area contributed by atoms with E-state index in [0.717, 1.165) is 28.8 Å². The molecule has 1 aliphatic heterocycles. The second kappa shape index (κ2) is 5.08. The van der Waals surface area contributed by atoms with Gasteiger partial charge in [-0.3, -0.25) is 4.79 Å². The SMILES string of the molecule is CCC1C(=O)Nc2c(C)cc(C(N)COC)cc21. The summed E-state index contributed by atoms with van der Waals surface area (Å²) in [5, 5.41) is 2.95. The number of nitrogens with two attached hydrogens (primary N) is 1. The molecule has 0 bridgehead atoms. The van der Waals surface area contributed by atoms with Crippen LogP contribution in [0.5, 0.6) is 0 Å². The van der Waals surface area contributed by atoms with Gasteiger partial charge in [-0.2, -0.15) is 0 Å². The van der Waals surface area contributed by atoms with E-state index < -0.39 is 0 Å². The molecule has 0 aromatic heterocycles. The smallest absolute Gasteiger partial charge is 0.232 e. The minimum absolute atomic E-state index is 0.0478. The molecule has 0 radical (unpaired) electrons. The molecule has 1 heterocycles. The Hall–Kier alpha value is -1.39. The monoisotopic (exact) mass is 248 g/mol. The second-order valence-electron chi connectivity index (χ2n) is 4.81. The van der Waals surface area contributed by atoms with Gasteiger partial charge in [0.2, 0.25) is 5.91 Å². The number of carbonyl (C=O) groups is 1. The number of hydrogen-bond donors (Lipinski definition) is 2. The predicted octanol–water partition coefficient (Wildman–Crippen LogP) is 2.09. The minimum atomic E-state index is -0.146. The molecular formula is C14H20N2O2. The number of rotatable bonds is 4. The highest BCUT2D eigenvalue weighted by molar-refractivity contribution is 6.03. The van der Waals surface area contributed by atoms with Crippen LogP contribution in [0.2, 0.25) is 0 Å². The lowest BCUT2D eigenvalue weighted by molar-refractivity contribution is -0.117. The predicted molar refractivity (Wildman–Crippen MR) is 71.6 cm³/mol. The molecule has 1 amide bonds. The number of aryl methyl sites for hydroxylation is 1. The van der Waals surface area contributed by atoms with Crippen molar-refractivity contribution in [1.29, 1.82) is 0 Å². The summed E-state index contributed by atoms with van der Waals surface area (Å²) in [6.45, 7) is 4.51. The van der Waals surface area contributed by atoms with Crippen molar-refractivity contribution in [3.8, 4) is 0 Å². The number of anilines is 1. The van der Waals surface area contributed by atoms with Crippen molar-refractivity contribution < 1.29 is 9.53 Å². The largest absolute Gasteiger partial charge is 0.383 e. The van der Waals surface area contributed by atoms with Gasteiger partial charge in [0.05, 0.1) is 18.6 Å². The Morgan fingerprint density at radius 1 is 1.50 bits per heavy atom. The summed E-state index contributed by atoms with van der Waals surface area (Å²) in [5.41, 5.74) is 10.2. The van der Waals surface area contributed by atoms with Crippen molar-refractivity contribution in [2.75, 3.05) is 19.0 Å². The molecule has 2 unspecified atom stereocenters. The standard InChI is InChI=1S/C14H20N2O2/c1-4-10-11-6-9(12(15)7-18-3)5-8(2)13(11)16-14(10)17/h5-6,10,12H,4,7,15H2,1-3H3,(H,16,17). The lowest BCUT2D eigenvalue weighted by Gasteiger charge is -2.15. The molecule has 0 saturated heterocycles. The number of hydrogen-bond acceptors (Lipinski definition) is 3. The van der Waals surface area contributed by atoms with Gasteiger partial charge >= 0.3 is 0 Å². The van der Waals surface area contributed by atoms with E-state index >= 15 is 0 Å². The van der Waals surface area contributed by atoms with E-state index in [9.17, 15) is 4.79 Å². The zero-order valence-corrected chi connectivity index (χ0v) is 11.1. The summed E-state index contributed by atoms with van der Waals surface area (Å²) in [4.78, 5) is 11.9. The molecule has 0 spiro atoms. The summed E-state index contributed by atoms with van der Waals surface area (Å²) < 4.78 is 5.08. The topological polar surface area (TPSA) is 64.4 Å². The first-order valence-corrected chi connectivity index (χ1v) is 6.28. The molecule has 98 valence electrons. The third-order valence-corrected chi connectivity index (χ3v) is 3.51. The molecule has 3 N–H and O–H groups in total. The van der Waals surface area contributed by atoms with Crippen molar-refractivity contribution >= 4 is 11.6 Å². The van der Waals surface area contributed by atoms with Crippen LogP contribution < -0.4 is 11.1 Å². The Balaban J connectivity index is 2.42. The summed E-state index contributed by atoms with van der Waals surface area (Å²) >= 11 is 0. The fourth-order valence-electron chi connectivity index (χ4n) is 2.54. The highest BCUT2D eigenvalue weighted by Gasteiger charge is 2.30. The molecule has 1 aromatic carbocycles. The van der Waals surface area contributed by atoms with Crippen molar-refractivity contribution in [3.63, 3.8) is 0 Å². The van der Waals surface area contributed by atoms with Gasteiger partial charge in [0.25, 0.3) is 0 Å². The zero-order chi connectivity index (χ0) is 13.3. The third-order valence-electron chi connectivity index (χ3n) is 3.51. The van der Waals surface area contributed by atoms with Crippen LogP contribution in [0.4, 0.5) is 5.69 Å². The van der Waals surface area contributed by atoms with Crippen LogP contribution in [0.1, 0.15) is 42.0 Å². The maximum Gasteiger partial charge on any atom is 0.232 e. The average molecular weight is 248 g/mol. The van der Waals surface area contributed by atoms with Gasteiger partial charge in [-0.15, -0.1) is 0 Å². The highest BCUT2D eigenvalue weighted by atomic mass is 16.5. The van der Waals surface area contributed by atoms with Gasteiger partial charge in [0.15, 0.2) is 0 Å². The molecule has 4 nitrogen and oxygen atoms in total. The van der Waals surface area contributed by atoms with E-state index in [2.05, 4.69) is 5.32 Å². The van der Waals surface area contributed by atoms with Crippen molar-refractivity contribution in [2.24, 2.45) is 5.73 Å². The first-order chi connectivity index (χ1) is 8.58. The van der Waals surface area contributed by atoms with Crippen molar-refractivity contribution in [3.05, 3.63) is 28.8 Å². The third kappa shape index (κ3) is 2.13. The van der Waals surface area contributed by atoms with E-state index in [1.807, 2.05) is 26.0 Å². The maximum absolute atomic E-state index is 11.9. The van der Waals surface area contributed by atoms with Gasteiger partial charge in [0, 0.05) is 12.8 Å². The number of ether oxygens (including phenoxy) is 1. The van der Waals surface area contributed by atoms with E-state index in [1.54, 1.807) is 7.11 Å². The maximum atomic E-state index is 11.9. The fourth-order valence-corrected chi connectivity index (χ4v) is 2.54. The Labute approximate surface area is 108 Å². The number of methoxy groups -OCH3 is 1. The lowest BCUT2D eigenvalue weighted by Crippen LogP contribution is -2.16. The van der Waals surface area contributed by atoms with Gasteiger partial charge in [0.1, 0.15) is 0 Å². The number of nitrogens with one attached hydrogen (secondary N) is 1. The van der Waals surface area contributed by atoms with Crippen LogP contribution >= 0.6 is 0 Å². The summed E-state index contributed by atoms with van der Waals surface area (Å²) in [6.07, 6.45) is 0.807. The minimum Gasteiger partial charge on any atom is -0.383 e. The number of benzene rings is 1. The normalized spacial score (nSPS) is 19.6. The second-order valence-corrected chi connectivity index (χ2v) is 4.81. The van der Waals surface area contributed by atoms with Gasteiger partial charge in [-0.1, -0.05) is 19.1 Å². The van der Waals surface area contributed by atoms with Crippen LogP contribution in [0, 0.1) is 6.92 Å². The van der Waals surface area contributed by atoms with E-state index in [0.29, 0.717) is 6.61 Å². The Morgan fingerprint density at radius 3 is 2.83 bits per heavy atom. The molecule has 4 heteroatoms. The zero-order valence-electron chi connectivity index (χ0n) is 11.1. The average Bonchev–Trinajstić information content (AvgIpc) is 2.65. The Kier molecular flexibility index (Phi) is 3.68. The molecule has 2 atom stereocenters. The van der Waals surface area contributed by atoms with E-state index in [-0.39, 0.29) is 17.9 Å². The highest BCUT2D eigenvalue weighted by Crippen LogP contribution is 2.38.